The van der Waals surface area contributed by atoms with Gasteiger partial charge in [-0.2, -0.15) is 23.6 Å². The molecule has 0 atom stereocenters. The SMILES string of the molecule is O=[C]=[Zr+2].[C-]1=CC=CC1.[Cl-].[Cl-].c1ccc(-c2ccccc2)cc1.c1ccc2[cH-]ccc2c1. The van der Waals surface area contributed by atoms with E-state index in [1.54, 1.807) is 3.57 Å². The van der Waals surface area contributed by atoms with Crippen molar-refractivity contribution in [3.63, 3.8) is 0 Å². The molecule has 0 saturated heterocycles. The molecule has 0 saturated carbocycles. The van der Waals surface area contributed by atoms with Crippen LogP contribution in [0.3, 0.4) is 0 Å². The Hall–Kier alpha value is -2.21. The third-order valence-electron chi connectivity index (χ3n) is 4.01. The van der Waals surface area contributed by atoms with E-state index in [1.165, 1.54) is 21.9 Å². The van der Waals surface area contributed by atoms with E-state index >= 15 is 0 Å². The molecule has 0 radical (unpaired) electrons. The number of halogens is 2. The van der Waals surface area contributed by atoms with Gasteiger partial charge in [-0.3, -0.25) is 6.08 Å². The third-order valence-corrected chi connectivity index (χ3v) is 4.01. The minimum atomic E-state index is 0. The van der Waals surface area contributed by atoms with E-state index in [0.717, 1.165) is 30.7 Å². The summed E-state index contributed by atoms with van der Waals surface area (Å²) in [5.74, 6) is 0. The van der Waals surface area contributed by atoms with Gasteiger partial charge in [0.1, 0.15) is 0 Å². The Kier molecular flexibility index (Phi) is 17.2. The van der Waals surface area contributed by atoms with Gasteiger partial charge in [-0.15, -0.1) is 36.1 Å². The van der Waals surface area contributed by atoms with Crippen LogP contribution in [0.15, 0.2) is 121 Å². The van der Waals surface area contributed by atoms with E-state index in [9.17, 15) is 0 Å². The molecule has 0 aromatic heterocycles. The minimum Gasteiger partial charge on any atom is -1.00 e. The van der Waals surface area contributed by atoms with Gasteiger partial charge in [0.2, 0.25) is 0 Å². The molecule has 5 rings (SSSR count). The zero-order chi connectivity index (χ0) is 20.6. The van der Waals surface area contributed by atoms with Crippen molar-refractivity contribution >= 4 is 14.3 Å². The Balaban J connectivity index is 0.000000421. The maximum absolute atomic E-state index is 8.72. The first-order valence-corrected chi connectivity index (χ1v) is 10.5. The van der Waals surface area contributed by atoms with Crippen LogP contribution in [0, 0.1) is 6.08 Å². The summed E-state index contributed by atoms with van der Waals surface area (Å²) in [5, 5.41) is 2.66. The predicted molar refractivity (Wildman–Crippen MR) is 119 cm³/mol. The number of fused-ring (bicyclic) bond motifs is 1. The number of allylic oxidation sites excluding steroid dienone is 4. The first-order chi connectivity index (χ1) is 14.3. The Morgan fingerprint density at radius 1 is 0.774 bits per heavy atom. The minimum absolute atomic E-state index is 0. The van der Waals surface area contributed by atoms with Gasteiger partial charge >= 0.3 is 32.6 Å². The van der Waals surface area contributed by atoms with Crippen LogP contribution in [0.2, 0.25) is 0 Å². The van der Waals surface area contributed by atoms with Gasteiger partial charge < -0.3 is 24.8 Å². The van der Waals surface area contributed by atoms with Gasteiger partial charge in [-0.1, -0.05) is 66.7 Å². The van der Waals surface area contributed by atoms with E-state index in [1.807, 2.05) is 24.3 Å². The van der Waals surface area contributed by atoms with Gasteiger partial charge in [0.25, 0.3) is 0 Å². The summed E-state index contributed by atoms with van der Waals surface area (Å²) < 4.78 is 1.59. The molecule has 1 nitrogen and oxygen atoms in total. The summed E-state index contributed by atoms with van der Waals surface area (Å²) in [6.07, 6.45) is 10.0. The molecule has 0 aliphatic heterocycles. The largest absolute Gasteiger partial charge is 1.00 e. The number of carbonyl (C=O) groups excluding carboxylic acids is 1. The van der Waals surface area contributed by atoms with Crippen molar-refractivity contribution in [1.29, 1.82) is 0 Å². The second-order valence-electron chi connectivity index (χ2n) is 5.99. The van der Waals surface area contributed by atoms with Crippen molar-refractivity contribution < 1.29 is 53.8 Å². The predicted octanol–water partition coefficient (Wildman–Crippen LogP) is 0.826. The van der Waals surface area contributed by atoms with Crippen LogP contribution < -0.4 is 24.8 Å². The van der Waals surface area contributed by atoms with Crippen molar-refractivity contribution in [3.05, 3.63) is 127 Å². The molecule has 4 aromatic carbocycles. The van der Waals surface area contributed by atoms with Crippen LogP contribution in [0.25, 0.3) is 21.9 Å². The Morgan fingerprint density at radius 3 is 1.71 bits per heavy atom. The van der Waals surface area contributed by atoms with E-state index in [0.29, 0.717) is 0 Å². The number of hydrogen-bond donors (Lipinski definition) is 0. The molecule has 0 heterocycles. The molecule has 156 valence electrons. The topological polar surface area (TPSA) is 17.1 Å². The van der Waals surface area contributed by atoms with E-state index in [-0.39, 0.29) is 24.8 Å². The van der Waals surface area contributed by atoms with Crippen molar-refractivity contribution in [2.24, 2.45) is 0 Å². The summed E-state index contributed by atoms with van der Waals surface area (Å²) in [6.45, 7) is 0. The van der Waals surface area contributed by atoms with E-state index in [2.05, 4.69) is 103 Å². The molecule has 31 heavy (non-hydrogen) atoms. The summed E-state index contributed by atoms with van der Waals surface area (Å²) >= 11 is 0.829. The smallest absolute Gasteiger partial charge is 0.0184 e. The zero-order valence-corrected chi connectivity index (χ0v) is 20.9. The van der Waals surface area contributed by atoms with Gasteiger partial charge in [0.05, 0.1) is 0 Å². The number of benzene rings is 3. The van der Waals surface area contributed by atoms with Crippen LogP contribution in [0.1, 0.15) is 6.42 Å². The molecule has 4 aromatic rings. The Bertz CT molecular complexity index is 971. The van der Waals surface area contributed by atoms with Crippen molar-refractivity contribution in [2.75, 3.05) is 0 Å². The number of rotatable bonds is 1. The molecule has 0 amide bonds. The monoisotopic (exact) mass is 522 g/mol. The molecule has 0 unspecified atom stereocenters. The second kappa shape index (κ2) is 18.6. The first kappa shape index (κ1) is 28.8. The molecule has 1 aliphatic rings. The van der Waals surface area contributed by atoms with E-state index < -0.39 is 0 Å². The van der Waals surface area contributed by atoms with Gasteiger partial charge in [-0.25, -0.2) is 12.2 Å². The summed E-state index contributed by atoms with van der Waals surface area (Å²) in [7, 11) is 0. The Morgan fingerprint density at radius 2 is 1.29 bits per heavy atom. The summed E-state index contributed by atoms with van der Waals surface area (Å²) in [6, 6.07) is 35.5. The fourth-order valence-corrected chi connectivity index (χ4v) is 2.67. The molecule has 0 spiro atoms. The molecule has 0 N–H and O–H groups in total. The summed E-state index contributed by atoms with van der Waals surface area (Å²) in [4.78, 5) is 8.72. The van der Waals surface area contributed by atoms with E-state index in [4.69, 9.17) is 4.79 Å². The van der Waals surface area contributed by atoms with Gasteiger partial charge in [0.15, 0.2) is 0 Å². The fourth-order valence-electron chi connectivity index (χ4n) is 2.67. The maximum Gasteiger partial charge on any atom is -0.0184 e. The van der Waals surface area contributed by atoms with Crippen LogP contribution >= 0.6 is 0 Å². The van der Waals surface area contributed by atoms with Crippen LogP contribution in [-0.2, 0) is 29.0 Å². The fraction of sp³-hybridized carbons (Fsp3) is 0.0370. The molecule has 4 heteroatoms. The van der Waals surface area contributed by atoms with Crippen molar-refractivity contribution in [2.45, 2.75) is 6.42 Å². The van der Waals surface area contributed by atoms with Gasteiger partial charge in [0, 0.05) is 0 Å². The van der Waals surface area contributed by atoms with Gasteiger partial charge in [-0.05, 0) is 11.1 Å². The third kappa shape index (κ3) is 11.7. The molecular formula is C27H22Cl2OZr-2. The molecular weight excluding hydrogens is 502 g/mol. The Labute approximate surface area is 212 Å². The van der Waals surface area contributed by atoms with Crippen LogP contribution in [0.4, 0.5) is 0 Å². The first-order valence-electron chi connectivity index (χ1n) is 9.31. The molecule has 1 aliphatic carbocycles. The average molecular weight is 525 g/mol. The summed E-state index contributed by atoms with van der Waals surface area (Å²) in [5.41, 5.74) is 2.55. The quantitative estimate of drug-likeness (QED) is 0.337. The maximum atomic E-state index is 8.72. The van der Waals surface area contributed by atoms with Crippen molar-refractivity contribution in [1.82, 2.24) is 0 Å². The molecule has 0 bridgehead atoms. The standard InChI is InChI=1S/C12H10.C9H7.C5H5.CO.2ClH.Zr/c1-3-7-11(8-4-1)12-9-5-2-6-10-12;1-2-5-9-7-3-6-8(9)4-1;1-2-4-5-3-1;1-2;;;/h1-10H;1-7H;1-3H,4H2;;2*1H;/q;2*-1;;;;+2/p-2. The average Bonchev–Trinajstić information content (AvgIpc) is 3.51. The normalized spacial score (nSPS) is 9.87. The number of hydrogen-bond acceptors (Lipinski definition) is 1. The van der Waals surface area contributed by atoms with Crippen molar-refractivity contribution in [3.8, 4) is 11.1 Å². The second-order valence-corrected chi connectivity index (χ2v) is 6.49. The van der Waals surface area contributed by atoms with Crippen LogP contribution in [-0.4, -0.2) is 3.57 Å². The zero-order valence-electron chi connectivity index (χ0n) is 16.9. The van der Waals surface area contributed by atoms with Crippen LogP contribution in [0.5, 0.6) is 0 Å². The molecule has 0 fully saturated rings.